The van der Waals surface area contributed by atoms with Crippen molar-refractivity contribution in [1.82, 2.24) is 5.32 Å². The zero-order valence-corrected chi connectivity index (χ0v) is 10.3. The highest BCUT2D eigenvalue weighted by atomic mass is 16.5. The third kappa shape index (κ3) is 4.83. The maximum atomic E-state index is 11.7. The highest BCUT2D eigenvalue weighted by Crippen LogP contribution is 2.13. The number of esters is 1. The van der Waals surface area contributed by atoms with Gasteiger partial charge in [-0.25, -0.2) is 4.79 Å². The molecule has 1 unspecified atom stereocenters. The van der Waals surface area contributed by atoms with Gasteiger partial charge < -0.3 is 10.1 Å². The first-order valence-corrected chi connectivity index (χ1v) is 5.24. The van der Waals surface area contributed by atoms with E-state index in [1.807, 2.05) is 0 Å². The van der Waals surface area contributed by atoms with Gasteiger partial charge in [-0.15, -0.1) is 12.3 Å². The van der Waals surface area contributed by atoms with Gasteiger partial charge in [0, 0.05) is 11.8 Å². The fourth-order valence-electron chi connectivity index (χ4n) is 0.929. The maximum Gasteiger partial charge on any atom is 0.329 e. The second-order valence-electron chi connectivity index (χ2n) is 4.44. The van der Waals surface area contributed by atoms with E-state index in [0.29, 0.717) is 0 Å². The highest BCUT2D eigenvalue weighted by molar-refractivity contribution is 5.87. The highest BCUT2D eigenvalue weighted by Gasteiger charge is 2.27. The summed E-state index contributed by atoms with van der Waals surface area (Å²) in [7, 11) is 0. The van der Waals surface area contributed by atoms with Gasteiger partial charge in [-0.2, -0.15) is 0 Å². The van der Waals surface area contributed by atoms with Gasteiger partial charge in [-0.1, -0.05) is 20.8 Å². The van der Waals surface area contributed by atoms with Crippen LogP contribution in [0.5, 0.6) is 0 Å². The van der Waals surface area contributed by atoms with Gasteiger partial charge >= 0.3 is 5.97 Å². The Bertz CT molecular complexity index is 296. The normalized spacial score (nSPS) is 12.4. The lowest BCUT2D eigenvalue weighted by Crippen LogP contribution is -2.46. The number of amides is 1. The Balaban J connectivity index is 4.52. The van der Waals surface area contributed by atoms with Crippen LogP contribution in [0, 0.1) is 17.8 Å². The molecule has 0 aliphatic carbocycles. The molecule has 0 aliphatic heterocycles. The maximum absolute atomic E-state index is 11.7. The van der Waals surface area contributed by atoms with Gasteiger partial charge in [0.05, 0.1) is 6.61 Å². The molecule has 90 valence electrons. The van der Waals surface area contributed by atoms with Crippen molar-refractivity contribution in [3.63, 3.8) is 0 Å². The number of terminal acetylenes is 1. The molecule has 0 rings (SSSR count). The van der Waals surface area contributed by atoms with E-state index >= 15 is 0 Å². The van der Waals surface area contributed by atoms with E-state index in [9.17, 15) is 9.59 Å². The fourth-order valence-corrected chi connectivity index (χ4v) is 0.929. The number of rotatable bonds is 4. The molecule has 16 heavy (non-hydrogen) atoms. The molecule has 1 atom stereocenters. The zero-order chi connectivity index (χ0) is 12.8. The van der Waals surface area contributed by atoms with Crippen molar-refractivity contribution < 1.29 is 14.3 Å². The lowest BCUT2D eigenvalue weighted by Gasteiger charge is -2.22. The van der Waals surface area contributed by atoms with Crippen LogP contribution in [0.4, 0.5) is 0 Å². The summed E-state index contributed by atoms with van der Waals surface area (Å²) in [5.41, 5.74) is -0.556. The molecule has 0 bridgehead atoms. The Morgan fingerprint density at radius 1 is 1.44 bits per heavy atom. The number of nitrogens with one attached hydrogen (secondary N) is 1. The number of ether oxygens (including phenoxy) is 1. The summed E-state index contributed by atoms with van der Waals surface area (Å²) in [6.45, 7) is 7.27. The Kier molecular flexibility index (Phi) is 5.59. The Labute approximate surface area is 96.7 Å². The summed E-state index contributed by atoms with van der Waals surface area (Å²) in [6.07, 6.45) is 5.28. The monoisotopic (exact) mass is 225 g/mol. The molecule has 0 aromatic rings. The minimum Gasteiger partial charge on any atom is -0.464 e. The molecule has 1 amide bonds. The molecule has 0 aromatic heterocycles. The Morgan fingerprint density at radius 3 is 2.38 bits per heavy atom. The zero-order valence-electron chi connectivity index (χ0n) is 10.3. The molecule has 0 aliphatic rings. The van der Waals surface area contributed by atoms with E-state index in [-0.39, 0.29) is 18.9 Å². The number of hydrogen-bond acceptors (Lipinski definition) is 3. The smallest absolute Gasteiger partial charge is 0.329 e. The molecule has 0 aromatic carbocycles. The molecule has 0 saturated carbocycles. The Hall–Kier alpha value is -1.50. The van der Waals surface area contributed by atoms with Crippen LogP contribution in [-0.4, -0.2) is 24.5 Å². The van der Waals surface area contributed by atoms with Crippen LogP contribution in [0.15, 0.2) is 0 Å². The van der Waals surface area contributed by atoms with E-state index in [0.717, 1.165) is 0 Å². The number of carbonyl (C=O) groups excluding carboxylic acids is 2. The SMILES string of the molecule is C#CCC(NC(=O)C(C)(C)C)C(=O)OCC. The summed E-state index contributed by atoms with van der Waals surface area (Å²) in [5, 5.41) is 2.59. The third-order valence-electron chi connectivity index (χ3n) is 1.88. The average molecular weight is 225 g/mol. The number of hydrogen-bond donors (Lipinski definition) is 1. The van der Waals surface area contributed by atoms with Gasteiger partial charge in [0.1, 0.15) is 6.04 Å². The van der Waals surface area contributed by atoms with Gasteiger partial charge in [0.15, 0.2) is 0 Å². The standard InChI is InChI=1S/C12H19NO3/c1-6-8-9(10(14)16-7-2)13-11(15)12(3,4)5/h1,9H,7-8H2,2-5H3,(H,13,15). The first kappa shape index (κ1) is 14.5. The predicted molar refractivity (Wildman–Crippen MR) is 61.5 cm³/mol. The van der Waals surface area contributed by atoms with Crippen molar-refractivity contribution in [2.45, 2.75) is 40.2 Å². The Morgan fingerprint density at radius 2 is 2.00 bits per heavy atom. The van der Waals surface area contributed by atoms with Gasteiger partial charge in [0.25, 0.3) is 0 Å². The van der Waals surface area contributed by atoms with Crippen LogP contribution >= 0.6 is 0 Å². The van der Waals surface area contributed by atoms with E-state index in [1.165, 1.54) is 0 Å². The molecule has 0 radical (unpaired) electrons. The van der Waals surface area contributed by atoms with Crippen LogP contribution in [0.2, 0.25) is 0 Å². The summed E-state index contributed by atoms with van der Waals surface area (Å²) in [5.74, 6) is 1.64. The minimum atomic E-state index is -0.753. The van der Waals surface area contributed by atoms with Crippen molar-refractivity contribution in [1.29, 1.82) is 0 Å². The van der Waals surface area contributed by atoms with E-state index in [1.54, 1.807) is 27.7 Å². The van der Waals surface area contributed by atoms with Crippen LogP contribution in [-0.2, 0) is 14.3 Å². The molecule has 0 fully saturated rings. The summed E-state index contributed by atoms with van der Waals surface area (Å²) in [4.78, 5) is 23.1. The lowest BCUT2D eigenvalue weighted by molar-refractivity contribution is -0.148. The van der Waals surface area contributed by atoms with Crippen molar-refractivity contribution in [2.75, 3.05) is 6.61 Å². The second-order valence-corrected chi connectivity index (χ2v) is 4.44. The number of carbonyl (C=O) groups is 2. The molecular weight excluding hydrogens is 206 g/mol. The molecular formula is C12H19NO3. The van der Waals surface area contributed by atoms with Gasteiger partial charge in [-0.05, 0) is 6.92 Å². The van der Waals surface area contributed by atoms with Crippen LogP contribution in [0.3, 0.4) is 0 Å². The lowest BCUT2D eigenvalue weighted by atomic mass is 9.95. The van der Waals surface area contributed by atoms with Crippen molar-refractivity contribution in [3.8, 4) is 12.3 Å². The average Bonchev–Trinajstić information content (AvgIpc) is 2.15. The molecule has 0 spiro atoms. The minimum absolute atomic E-state index is 0.140. The van der Waals surface area contributed by atoms with E-state index < -0.39 is 17.4 Å². The van der Waals surface area contributed by atoms with Crippen LogP contribution < -0.4 is 5.32 Å². The van der Waals surface area contributed by atoms with Crippen LogP contribution in [0.25, 0.3) is 0 Å². The van der Waals surface area contributed by atoms with Gasteiger partial charge in [0.2, 0.25) is 5.91 Å². The molecule has 4 nitrogen and oxygen atoms in total. The molecule has 0 saturated heterocycles. The largest absolute Gasteiger partial charge is 0.464 e. The quantitative estimate of drug-likeness (QED) is 0.576. The fraction of sp³-hybridized carbons (Fsp3) is 0.667. The summed E-state index contributed by atoms with van der Waals surface area (Å²) in [6, 6.07) is -0.753. The first-order chi connectivity index (χ1) is 7.32. The van der Waals surface area contributed by atoms with Crippen molar-refractivity contribution >= 4 is 11.9 Å². The molecule has 0 heterocycles. The second kappa shape index (κ2) is 6.16. The van der Waals surface area contributed by atoms with Crippen molar-refractivity contribution in [2.24, 2.45) is 5.41 Å². The van der Waals surface area contributed by atoms with Crippen LogP contribution in [0.1, 0.15) is 34.1 Å². The molecule has 1 N–H and O–H groups in total. The molecule has 4 heteroatoms. The summed E-state index contributed by atoms with van der Waals surface area (Å²) >= 11 is 0. The predicted octanol–water partition coefficient (Wildman–Crippen LogP) is 1.10. The summed E-state index contributed by atoms with van der Waals surface area (Å²) < 4.78 is 4.82. The van der Waals surface area contributed by atoms with Gasteiger partial charge in [-0.3, -0.25) is 4.79 Å². The topological polar surface area (TPSA) is 55.4 Å². The van der Waals surface area contributed by atoms with Crippen molar-refractivity contribution in [3.05, 3.63) is 0 Å². The third-order valence-corrected chi connectivity index (χ3v) is 1.88. The van der Waals surface area contributed by atoms with E-state index in [2.05, 4.69) is 11.2 Å². The van der Waals surface area contributed by atoms with E-state index in [4.69, 9.17) is 11.2 Å². The first-order valence-electron chi connectivity index (χ1n) is 5.24.